The first-order chi connectivity index (χ1) is 5.02. The average molecular weight is 152 g/mol. The Morgan fingerprint density at radius 3 is 2.45 bits per heavy atom. The van der Waals surface area contributed by atoms with E-state index in [0.717, 1.165) is 5.56 Å². The van der Waals surface area contributed by atoms with Gasteiger partial charge in [-0.25, -0.2) is 5.10 Å². The van der Waals surface area contributed by atoms with Crippen molar-refractivity contribution in [2.24, 2.45) is 0 Å². The summed E-state index contributed by atoms with van der Waals surface area (Å²) in [5.41, 5.74) is 0.573. The molecule has 1 aromatic heterocycles. The van der Waals surface area contributed by atoms with Crippen LogP contribution in [-0.2, 0) is 5.41 Å². The Balaban J connectivity index is 3.26. The lowest BCUT2D eigenvalue weighted by Crippen LogP contribution is -2.24. The van der Waals surface area contributed by atoms with Crippen LogP contribution in [0.2, 0.25) is 0 Å². The standard InChI is InChI=1S/C8H12N2O/c1-8(2,3)6-4-5-9-10-7(6)11/h4-5H,1-3H3,(H,10,11). The molecule has 1 heterocycles. The van der Waals surface area contributed by atoms with Gasteiger partial charge in [0.2, 0.25) is 0 Å². The van der Waals surface area contributed by atoms with Gasteiger partial charge in [-0.2, -0.15) is 5.10 Å². The lowest BCUT2D eigenvalue weighted by Gasteiger charge is -2.16. The van der Waals surface area contributed by atoms with Crippen molar-refractivity contribution in [1.82, 2.24) is 10.2 Å². The van der Waals surface area contributed by atoms with Gasteiger partial charge < -0.3 is 0 Å². The molecular weight excluding hydrogens is 140 g/mol. The minimum Gasteiger partial charge on any atom is -0.268 e. The first-order valence-electron chi connectivity index (χ1n) is 3.56. The molecule has 0 atom stereocenters. The van der Waals surface area contributed by atoms with Crippen molar-refractivity contribution in [3.05, 3.63) is 28.2 Å². The van der Waals surface area contributed by atoms with Crippen molar-refractivity contribution < 1.29 is 0 Å². The van der Waals surface area contributed by atoms with Crippen molar-refractivity contribution >= 4 is 0 Å². The highest BCUT2D eigenvalue weighted by Crippen LogP contribution is 2.16. The topological polar surface area (TPSA) is 45.8 Å². The van der Waals surface area contributed by atoms with Gasteiger partial charge in [0.25, 0.3) is 5.56 Å². The molecule has 0 aliphatic rings. The molecule has 0 saturated carbocycles. The molecule has 0 fully saturated rings. The van der Waals surface area contributed by atoms with Gasteiger partial charge in [-0.15, -0.1) is 0 Å². The molecule has 60 valence electrons. The average Bonchev–Trinajstić information content (AvgIpc) is 1.86. The lowest BCUT2D eigenvalue weighted by atomic mass is 9.88. The van der Waals surface area contributed by atoms with Gasteiger partial charge in [-0.05, 0) is 11.5 Å². The van der Waals surface area contributed by atoms with Crippen LogP contribution in [0, 0.1) is 0 Å². The van der Waals surface area contributed by atoms with Gasteiger partial charge in [0.05, 0.1) is 0 Å². The van der Waals surface area contributed by atoms with Gasteiger partial charge in [0.1, 0.15) is 0 Å². The summed E-state index contributed by atoms with van der Waals surface area (Å²) in [7, 11) is 0. The minimum atomic E-state index is -0.101. The van der Waals surface area contributed by atoms with Crippen LogP contribution in [0.25, 0.3) is 0 Å². The van der Waals surface area contributed by atoms with E-state index in [4.69, 9.17) is 0 Å². The van der Waals surface area contributed by atoms with Gasteiger partial charge in [-0.1, -0.05) is 20.8 Å². The van der Waals surface area contributed by atoms with Gasteiger partial charge in [0, 0.05) is 11.8 Å². The van der Waals surface area contributed by atoms with Crippen molar-refractivity contribution in [2.45, 2.75) is 26.2 Å². The van der Waals surface area contributed by atoms with Crippen LogP contribution in [0.5, 0.6) is 0 Å². The maximum Gasteiger partial charge on any atom is 0.267 e. The Morgan fingerprint density at radius 1 is 1.45 bits per heavy atom. The van der Waals surface area contributed by atoms with E-state index in [-0.39, 0.29) is 11.0 Å². The summed E-state index contributed by atoms with van der Waals surface area (Å²) in [6.45, 7) is 5.99. The van der Waals surface area contributed by atoms with Crippen LogP contribution >= 0.6 is 0 Å². The Hall–Kier alpha value is -1.12. The molecule has 11 heavy (non-hydrogen) atoms. The summed E-state index contributed by atoms with van der Waals surface area (Å²) in [6, 6.07) is 1.75. The fourth-order valence-corrected chi connectivity index (χ4v) is 0.934. The number of hydrogen-bond acceptors (Lipinski definition) is 2. The van der Waals surface area contributed by atoms with Crippen molar-refractivity contribution in [2.75, 3.05) is 0 Å². The monoisotopic (exact) mass is 152 g/mol. The van der Waals surface area contributed by atoms with E-state index in [1.165, 1.54) is 0 Å². The summed E-state index contributed by atoms with van der Waals surface area (Å²) >= 11 is 0. The van der Waals surface area contributed by atoms with Crippen LogP contribution in [0.4, 0.5) is 0 Å². The Morgan fingerprint density at radius 2 is 2.09 bits per heavy atom. The predicted molar refractivity (Wildman–Crippen MR) is 43.6 cm³/mol. The highest BCUT2D eigenvalue weighted by Gasteiger charge is 2.16. The molecule has 0 bridgehead atoms. The first-order valence-corrected chi connectivity index (χ1v) is 3.56. The fourth-order valence-electron chi connectivity index (χ4n) is 0.934. The molecule has 0 unspecified atom stereocenters. The van der Waals surface area contributed by atoms with Crippen LogP contribution in [0.1, 0.15) is 26.3 Å². The third-order valence-corrected chi connectivity index (χ3v) is 1.53. The predicted octanol–water partition coefficient (Wildman–Crippen LogP) is 1.07. The summed E-state index contributed by atoms with van der Waals surface area (Å²) in [4.78, 5) is 11.1. The van der Waals surface area contributed by atoms with E-state index < -0.39 is 0 Å². The molecule has 0 saturated heterocycles. The van der Waals surface area contributed by atoms with Crippen LogP contribution < -0.4 is 5.56 Å². The van der Waals surface area contributed by atoms with E-state index in [1.807, 2.05) is 20.8 Å². The molecule has 0 spiro atoms. The summed E-state index contributed by atoms with van der Waals surface area (Å²) < 4.78 is 0. The van der Waals surface area contributed by atoms with Gasteiger partial charge >= 0.3 is 0 Å². The maximum atomic E-state index is 11.1. The third kappa shape index (κ3) is 1.67. The zero-order valence-electron chi connectivity index (χ0n) is 7.01. The highest BCUT2D eigenvalue weighted by atomic mass is 16.1. The molecule has 0 aromatic carbocycles. The van der Waals surface area contributed by atoms with E-state index in [9.17, 15) is 4.79 Å². The quantitative estimate of drug-likeness (QED) is 0.604. The van der Waals surface area contributed by atoms with Crippen LogP contribution in [-0.4, -0.2) is 10.2 Å². The van der Waals surface area contributed by atoms with Crippen LogP contribution in [0.3, 0.4) is 0 Å². The zero-order chi connectivity index (χ0) is 8.48. The van der Waals surface area contributed by atoms with E-state index >= 15 is 0 Å². The van der Waals surface area contributed by atoms with Crippen LogP contribution in [0.15, 0.2) is 17.1 Å². The van der Waals surface area contributed by atoms with E-state index in [1.54, 1.807) is 12.3 Å². The Bertz CT molecular complexity index is 295. The van der Waals surface area contributed by atoms with E-state index in [2.05, 4.69) is 10.2 Å². The molecule has 3 heteroatoms. The number of aromatic amines is 1. The Kier molecular flexibility index (Phi) is 1.81. The molecule has 1 aromatic rings. The van der Waals surface area contributed by atoms with Gasteiger partial charge in [0.15, 0.2) is 0 Å². The Labute approximate surface area is 65.5 Å². The number of nitrogens with one attached hydrogen (secondary N) is 1. The number of rotatable bonds is 0. The normalized spacial score (nSPS) is 11.5. The highest BCUT2D eigenvalue weighted by molar-refractivity contribution is 5.16. The molecule has 0 amide bonds. The first kappa shape index (κ1) is 7.98. The largest absolute Gasteiger partial charge is 0.268 e. The fraction of sp³-hybridized carbons (Fsp3) is 0.500. The summed E-state index contributed by atoms with van der Waals surface area (Å²) in [5.74, 6) is 0. The summed E-state index contributed by atoms with van der Waals surface area (Å²) in [5, 5.41) is 6.02. The number of hydrogen-bond donors (Lipinski definition) is 1. The second kappa shape index (κ2) is 2.49. The number of aromatic nitrogens is 2. The minimum absolute atomic E-state index is 0.0972. The third-order valence-electron chi connectivity index (χ3n) is 1.53. The maximum absolute atomic E-state index is 11.1. The smallest absolute Gasteiger partial charge is 0.267 e. The zero-order valence-corrected chi connectivity index (χ0v) is 7.01. The van der Waals surface area contributed by atoms with Crippen molar-refractivity contribution in [3.63, 3.8) is 0 Å². The van der Waals surface area contributed by atoms with Gasteiger partial charge in [-0.3, -0.25) is 4.79 Å². The molecule has 0 radical (unpaired) electrons. The number of nitrogens with zero attached hydrogens (tertiary/aromatic N) is 1. The number of H-pyrrole nitrogens is 1. The molecule has 1 N–H and O–H groups in total. The van der Waals surface area contributed by atoms with Crippen molar-refractivity contribution in [1.29, 1.82) is 0 Å². The molecule has 3 nitrogen and oxygen atoms in total. The summed E-state index contributed by atoms with van der Waals surface area (Å²) in [6.07, 6.45) is 1.60. The second-order valence-electron chi connectivity index (χ2n) is 3.55. The molecular formula is C8H12N2O. The lowest BCUT2D eigenvalue weighted by molar-refractivity contribution is 0.578. The molecule has 0 aliphatic heterocycles. The van der Waals surface area contributed by atoms with Crippen molar-refractivity contribution in [3.8, 4) is 0 Å². The molecule has 1 rings (SSSR count). The SMILES string of the molecule is CC(C)(C)c1ccn[nH]c1=O. The molecule has 0 aliphatic carbocycles. The second-order valence-corrected chi connectivity index (χ2v) is 3.55. The van der Waals surface area contributed by atoms with E-state index in [0.29, 0.717) is 0 Å².